The van der Waals surface area contributed by atoms with Crippen molar-refractivity contribution in [3.63, 3.8) is 0 Å². The van der Waals surface area contributed by atoms with Gasteiger partial charge in [-0.3, -0.25) is 14.2 Å². The summed E-state index contributed by atoms with van der Waals surface area (Å²) in [5, 5.41) is 0.526. The minimum atomic E-state index is -0.459. The van der Waals surface area contributed by atoms with Crippen LogP contribution in [0.4, 0.5) is 10.2 Å². The number of fused-ring (bicyclic) bond motifs is 3. The number of aromatic nitrogens is 2. The van der Waals surface area contributed by atoms with Gasteiger partial charge in [0.15, 0.2) is 11.4 Å². The smallest absolute Gasteiger partial charge is 0.201 e. The fraction of sp³-hybridized carbons (Fsp3) is 0.500. The molecule has 0 amide bonds. The number of carbonyl (C=O) groups excluding carboxylic acids is 1. The van der Waals surface area contributed by atoms with Crippen molar-refractivity contribution in [1.29, 1.82) is 0 Å². The molecule has 2 bridgehead atoms. The van der Waals surface area contributed by atoms with Crippen molar-refractivity contribution < 1.29 is 9.18 Å². The minimum absolute atomic E-state index is 0.0597. The third kappa shape index (κ3) is 4.81. The zero-order chi connectivity index (χ0) is 26.5. The van der Waals surface area contributed by atoms with Crippen LogP contribution in [0.2, 0.25) is 5.02 Å². The van der Waals surface area contributed by atoms with E-state index >= 15 is 0 Å². The summed E-state index contributed by atoms with van der Waals surface area (Å²) in [5.41, 5.74) is 0.862. The molecule has 3 aromatic rings. The van der Waals surface area contributed by atoms with Crippen molar-refractivity contribution in [1.82, 2.24) is 9.55 Å². The average Bonchev–Trinajstić information content (AvgIpc) is 2.84. The lowest BCUT2D eigenvalue weighted by Gasteiger charge is -2.53. The van der Waals surface area contributed by atoms with Gasteiger partial charge < -0.3 is 4.90 Å². The second kappa shape index (κ2) is 9.54. The molecule has 2 aromatic heterocycles. The van der Waals surface area contributed by atoms with Crippen molar-refractivity contribution in [3.8, 4) is 5.69 Å². The molecule has 37 heavy (non-hydrogen) atoms. The molecule has 0 N–H and O–H groups in total. The Kier molecular flexibility index (Phi) is 6.68. The van der Waals surface area contributed by atoms with Crippen molar-refractivity contribution in [2.75, 3.05) is 19.0 Å². The van der Waals surface area contributed by atoms with Gasteiger partial charge in [-0.2, -0.15) is 0 Å². The van der Waals surface area contributed by atoms with Gasteiger partial charge >= 0.3 is 0 Å². The average molecular weight is 524 g/mol. The van der Waals surface area contributed by atoms with Crippen LogP contribution in [0.5, 0.6) is 0 Å². The zero-order valence-corrected chi connectivity index (χ0v) is 22.9. The molecule has 2 saturated carbocycles. The highest BCUT2D eigenvalue weighted by Crippen LogP contribution is 2.58. The molecule has 3 atom stereocenters. The van der Waals surface area contributed by atoms with Crippen LogP contribution in [0.1, 0.15) is 75.6 Å². The topological polar surface area (TPSA) is 55.2 Å². The Balaban J connectivity index is 1.63. The fourth-order valence-corrected chi connectivity index (χ4v) is 7.28. The molecular weight excluding hydrogens is 489 g/mol. The first-order valence-corrected chi connectivity index (χ1v) is 13.6. The molecule has 0 saturated heterocycles. The number of Topliss-reactive ketones (excluding diaryl/α,β-unsaturated/α-hetero) is 1. The number of nitrogens with zero attached hydrogens (tertiary/aromatic N) is 3. The van der Waals surface area contributed by atoms with E-state index in [0.717, 1.165) is 32.1 Å². The Morgan fingerprint density at radius 3 is 2.73 bits per heavy atom. The summed E-state index contributed by atoms with van der Waals surface area (Å²) < 4.78 is 15.5. The van der Waals surface area contributed by atoms with Crippen LogP contribution in [0.3, 0.4) is 0 Å². The van der Waals surface area contributed by atoms with Gasteiger partial charge in [-0.25, -0.2) is 9.37 Å². The molecule has 3 unspecified atom stereocenters. The largest absolute Gasteiger partial charge is 0.363 e. The van der Waals surface area contributed by atoms with E-state index in [4.69, 9.17) is 16.6 Å². The molecule has 0 radical (unpaired) electrons. The van der Waals surface area contributed by atoms with E-state index in [-0.39, 0.29) is 32.6 Å². The van der Waals surface area contributed by atoms with Gasteiger partial charge in [-0.1, -0.05) is 44.7 Å². The first-order valence-electron chi connectivity index (χ1n) is 13.3. The molecule has 2 heterocycles. The normalized spacial score (nSPS) is 25.3. The first kappa shape index (κ1) is 25.9. The van der Waals surface area contributed by atoms with Crippen LogP contribution in [0.25, 0.3) is 16.7 Å². The number of carbonyl (C=O) groups is 1. The van der Waals surface area contributed by atoms with Crippen LogP contribution in [-0.4, -0.2) is 29.4 Å². The Labute approximate surface area is 222 Å². The van der Waals surface area contributed by atoms with Crippen LogP contribution in [0.15, 0.2) is 41.3 Å². The molecule has 2 aliphatic carbocycles. The van der Waals surface area contributed by atoms with E-state index in [1.165, 1.54) is 25.0 Å². The maximum atomic E-state index is 13.9. The van der Waals surface area contributed by atoms with Gasteiger partial charge in [0.05, 0.1) is 21.7 Å². The van der Waals surface area contributed by atoms with Gasteiger partial charge in [-0.15, -0.1) is 0 Å². The van der Waals surface area contributed by atoms with E-state index in [2.05, 4.69) is 13.8 Å². The van der Waals surface area contributed by atoms with Gasteiger partial charge in [0, 0.05) is 26.7 Å². The van der Waals surface area contributed by atoms with Crippen molar-refractivity contribution in [3.05, 3.63) is 63.2 Å². The molecule has 1 aromatic carbocycles. The molecular formula is C30H35ClFN3O2. The Morgan fingerprint density at radius 2 is 2.03 bits per heavy atom. The summed E-state index contributed by atoms with van der Waals surface area (Å²) in [5.74, 6) is 0.725. The highest BCUT2D eigenvalue weighted by Gasteiger charge is 2.48. The number of hydrogen-bond donors (Lipinski definition) is 0. The van der Waals surface area contributed by atoms with Gasteiger partial charge in [0.1, 0.15) is 11.6 Å². The predicted molar refractivity (Wildman–Crippen MR) is 148 cm³/mol. The lowest BCUT2D eigenvalue weighted by atomic mass is 9.52. The maximum absolute atomic E-state index is 13.9. The number of pyridine rings is 2. The Bertz CT molecular complexity index is 1430. The van der Waals surface area contributed by atoms with Crippen LogP contribution in [0, 0.1) is 22.6 Å². The van der Waals surface area contributed by atoms with Gasteiger partial charge in [0.25, 0.3) is 0 Å². The number of hydrogen-bond acceptors (Lipinski definition) is 4. The van der Waals surface area contributed by atoms with Crippen LogP contribution in [-0.2, 0) is 0 Å². The van der Waals surface area contributed by atoms with Crippen LogP contribution >= 0.6 is 11.6 Å². The fourth-order valence-electron chi connectivity index (χ4n) is 7.02. The molecule has 2 aliphatic rings. The quantitative estimate of drug-likeness (QED) is 0.320. The zero-order valence-electron chi connectivity index (χ0n) is 22.1. The standard InChI is InChI=1S/C30H35ClFN3O2/c1-5-29(2)14-19-7-6-12-30(15-19,18-29)16-25(36)22-17-35(24-10-8-20(32)13-23(24)31)28-21(27(22)37)9-11-26(33-28)34(3)4/h8-11,13,17,19H,5-7,12,14-16,18H2,1-4H3. The van der Waals surface area contributed by atoms with Crippen molar-refractivity contribution in [2.45, 2.75) is 65.2 Å². The Morgan fingerprint density at radius 1 is 1.24 bits per heavy atom. The number of benzene rings is 1. The summed E-state index contributed by atoms with van der Waals surface area (Å²) in [7, 11) is 3.73. The molecule has 7 heteroatoms. The number of rotatable bonds is 6. The lowest BCUT2D eigenvalue weighted by Crippen LogP contribution is -2.43. The summed E-state index contributed by atoms with van der Waals surface area (Å²) in [6.45, 7) is 4.61. The van der Waals surface area contributed by atoms with Crippen LogP contribution < -0.4 is 10.3 Å². The molecule has 2 fully saturated rings. The molecule has 5 nitrogen and oxygen atoms in total. The second-order valence-corrected chi connectivity index (χ2v) is 12.3. The molecule has 0 aliphatic heterocycles. The lowest BCUT2D eigenvalue weighted by molar-refractivity contribution is -0.0128. The van der Waals surface area contributed by atoms with Gasteiger partial charge in [-0.05, 0) is 72.8 Å². The van der Waals surface area contributed by atoms with E-state index in [1.54, 1.807) is 29.0 Å². The highest BCUT2D eigenvalue weighted by atomic mass is 35.5. The van der Waals surface area contributed by atoms with Crippen molar-refractivity contribution in [2.24, 2.45) is 16.7 Å². The molecule has 0 spiro atoms. The first-order chi connectivity index (χ1) is 17.5. The maximum Gasteiger partial charge on any atom is 0.201 e. The number of anilines is 1. The molecule has 5 rings (SSSR count). The molecule has 196 valence electrons. The van der Waals surface area contributed by atoms with E-state index in [0.29, 0.717) is 34.9 Å². The predicted octanol–water partition coefficient (Wildman–Crippen LogP) is 7.20. The SMILES string of the molecule is CCC1(C)CC2CCCC(CC(=O)c3cn(-c4ccc(F)cc4Cl)c4nc(N(C)C)ccc4c3=O)(C2)C1. The summed E-state index contributed by atoms with van der Waals surface area (Å²) in [6, 6.07) is 7.59. The summed E-state index contributed by atoms with van der Waals surface area (Å²) in [6.07, 6.45) is 9.77. The third-order valence-electron chi connectivity index (χ3n) is 8.78. The monoisotopic (exact) mass is 523 g/mol. The van der Waals surface area contributed by atoms with Gasteiger partial charge in [0.2, 0.25) is 5.43 Å². The van der Waals surface area contributed by atoms with E-state index in [9.17, 15) is 14.0 Å². The third-order valence-corrected chi connectivity index (χ3v) is 9.08. The minimum Gasteiger partial charge on any atom is -0.363 e. The van der Waals surface area contributed by atoms with E-state index in [1.807, 2.05) is 19.0 Å². The summed E-state index contributed by atoms with van der Waals surface area (Å²) in [4.78, 5) is 34.2. The van der Waals surface area contributed by atoms with Crippen molar-refractivity contribution >= 4 is 34.2 Å². The second-order valence-electron chi connectivity index (χ2n) is 11.9. The summed E-state index contributed by atoms with van der Waals surface area (Å²) >= 11 is 6.45. The number of ketones is 1. The highest BCUT2D eigenvalue weighted by molar-refractivity contribution is 6.32. The van der Waals surface area contributed by atoms with E-state index < -0.39 is 5.82 Å². The Hall–Kier alpha value is -2.73. The number of halogens is 2.